The van der Waals surface area contributed by atoms with E-state index in [-0.39, 0.29) is 12.3 Å². The van der Waals surface area contributed by atoms with Gasteiger partial charge in [0.1, 0.15) is 0 Å². The number of amides is 1. The topological polar surface area (TPSA) is 64.0 Å². The van der Waals surface area contributed by atoms with E-state index in [0.717, 1.165) is 0 Å². The Morgan fingerprint density at radius 1 is 1.35 bits per heavy atom. The van der Waals surface area contributed by atoms with Gasteiger partial charge in [0.15, 0.2) is 5.78 Å². The lowest BCUT2D eigenvalue weighted by atomic mass is 10.1. The number of hydrogen-bond acceptors (Lipinski definition) is 3. The molecule has 1 aromatic heterocycles. The van der Waals surface area contributed by atoms with Crippen LogP contribution in [0.2, 0.25) is 0 Å². The second kappa shape index (κ2) is 5.07. The van der Waals surface area contributed by atoms with E-state index >= 15 is 0 Å². The fourth-order valence-electron chi connectivity index (χ4n) is 1.50. The minimum atomic E-state index is -0.0300. The highest BCUT2D eigenvalue weighted by Gasteiger charge is 2.08. The summed E-state index contributed by atoms with van der Waals surface area (Å²) in [6, 6.07) is 8.99. The number of nitrogens with zero attached hydrogens (tertiary/aromatic N) is 2. The monoisotopic (exact) mass is 229 g/mol. The van der Waals surface area contributed by atoms with Crippen LogP contribution in [0.5, 0.6) is 0 Å². The smallest absolute Gasteiger partial charge is 0.213 e. The van der Waals surface area contributed by atoms with E-state index < -0.39 is 0 Å². The molecule has 0 atom stereocenters. The molecule has 0 aliphatic heterocycles. The molecule has 0 saturated carbocycles. The van der Waals surface area contributed by atoms with Gasteiger partial charge in [-0.1, -0.05) is 30.3 Å². The highest BCUT2D eigenvalue weighted by Crippen LogP contribution is 2.07. The van der Waals surface area contributed by atoms with Crippen molar-refractivity contribution in [2.45, 2.75) is 6.54 Å². The van der Waals surface area contributed by atoms with Gasteiger partial charge in [-0.25, -0.2) is 4.98 Å². The summed E-state index contributed by atoms with van der Waals surface area (Å²) in [4.78, 5) is 26.2. The van der Waals surface area contributed by atoms with E-state index in [9.17, 15) is 9.59 Å². The van der Waals surface area contributed by atoms with Crippen LogP contribution < -0.4 is 5.32 Å². The standard InChI is InChI=1S/C12H11N3O2/c16-9-14-12-13-6-7-15(12)8-11(17)10-4-2-1-3-5-10/h1-7,9H,8H2,(H,13,14,16). The van der Waals surface area contributed by atoms with Crippen molar-refractivity contribution in [3.63, 3.8) is 0 Å². The molecule has 17 heavy (non-hydrogen) atoms. The first-order valence-electron chi connectivity index (χ1n) is 5.11. The molecular formula is C12H11N3O2. The zero-order valence-electron chi connectivity index (χ0n) is 9.04. The van der Waals surface area contributed by atoms with Crippen molar-refractivity contribution in [3.05, 3.63) is 48.3 Å². The van der Waals surface area contributed by atoms with Crippen molar-refractivity contribution in [1.29, 1.82) is 0 Å². The van der Waals surface area contributed by atoms with Gasteiger partial charge in [0.25, 0.3) is 0 Å². The molecule has 0 bridgehead atoms. The Hall–Kier alpha value is -2.43. The molecule has 0 aliphatic rings. The Labute approximate surface area is 98.1 Å². The molecule has 5 heteroatoms. The third-order valence-electron chi connectivity index (χ3n) is 2.31. The van der Waals surface area contributed by atoms with Gasteiger partial charge in [0.05, 0.1) is 6.54 Å². The van der Waals surface area contributed by atoms with Gasteiger partial charge in [-0.05, 0) is 0 Å². The van der Waals surface area contributed by atoms with Gasteiger partial charge in [0, 0.05) is 18.0 Å². The minimum Gasteiger partial charge on any atom is -0.309 e. The average molecular weight is 229 g/mol. The molecule has 0 fully saturated rings. The summed E-state index contributed by atoms with van der Waals surface area (Å²) in [5, 5.41) is 2.43. The van der Waals surface area contributed by atoms with Crippen LogP contribution in [0.25, 0.3) is 0 Å². The van der Waals surface area contributed by atoms with Gasteiger partial charge >= 0.3 is 0 Å². The third-order valence-corrected chi connectivity index (χ3v) is 2.31. The SMILES string of the molecule is O=CNc1nccn1CC(=O)c1ccccc1. The first-order chi connectivity index (χ1) is 8.31. The number of hydrogen-bond donors (Lipinski definition) is 1. The van der Waals surface area contributed by atoms with E-state index in [2.05, 4.69) is 10.3 Å². The molecule has 0 aliphatic carbocycles. The van der Waals surface area contributed by atoms with Crippen molar-refractivity contribution < 1.29 is 9.59 Å². The van der Waals surface area contributed by atoms with E-state index in [4.69, 9.17) is 0 Å². The van der Waals surface area contributed by atoms with Crippen molar-refractivity contribution in [2.75, 3.05) is 5.32 Å². The summed E-state index contributed by atoms with van der Waals surface area (Å²) >= 11 is 0. The first-order valence-corrected chi connectivity index (χ1v) is 5.11. The molecule has 1 amide bonds. The maximum Gasteiger partial charge on any atom is 0.213 e. The number of carbonyl (C=O) groups excluding carboxylic acids is 2. The summed E-state index contributed by atoms with van der Waals surface area (Å²) < 4.78 is 1.59. The van der Waals surface area contributed by atoms with Crippen LogP contribution in [0, 0.1) is 0 Å². The molecule has 0 spiro atoms. The van der Waals surface area contributed by atoms with Gasteiger partial charge < -0.3 is 4.57 Å². The lowest BCUT2D eigenvalue weighted by molar-refractivity contribution is -0.105. The largest absolute Gasteiger partial charge is 0.309 e. The number of imidazole rings is 1. The van der Waals surface area contributed by atoms with Crippen LogP contribution >= 0.6 is 0 Å². The van der Waals surface area contributed by atoms with Gasteiger partial charge in [0.2, 0.25) is 12.4 Å². The quantitative estimate of drug-likeness (QED) is 0.621. The van der Waals surface area contributed by atoms with Crippen LogP contribution in [0.3, 0.4) is 0 Å². The molecule has 86 valence electrons. The normalized spacial score (nSPS) is 9.88. The average Bonchev–Trinajstić information content (AvgIpc) is 2.78. The fraction of sp³-hybridized carbons (Fsp3) is 0.0833. The second-order valence-corrected chi connectivity index (χ2v) is 3.43. The molecule has 2 aromatic rings. The van der Waals surface area contributed by atoms with Crippen molar-refractivity contribution in [2.24, 2.45) is 0 Å². The molecule has 0 saturated heterocycles. The van der Waals surface area contributed by atoms with Gasteiger partial charge in [-0.15, -0.1) is 0 Å². The van der Waals surface area contributed by atoms with Crippen LogP contribution in [-0.2, 0) is 11.3 Å². The number of rotatable bonds is 5. The number of nitrogens with one attached hydrogen (secondary N) is 1. The molecule has 2 rings (SSSR count). The molecule has 0 radical (unpaired) electrons. The van der Waals surface area contributed by atoms with Crippen LogP contribution in [0.1, 0.15) is 10.4 Å². The summed E-state index contributed by atoms with van der Waals surface area (Å²) in [7, 11) is 0. The molecular weight excluding hydrogens is 218 g/mol. The highest BCUT2D eigenvalue weighted by molar-refractivity contribution is 5.96. The maximum atomic E-state index is 11.9. The number of Topliss-reactive ketones (excluding diaryl/α,β-unsaturated/α-hetero) is 1. The fourth-order valence-corrected chi connectivity index (χ4v) is 1.50. The molecule has 5 nitrogen and oxygen atoms in total. The van der Waals surface area contributed by atoms with Crippen molar-refractivity contribution in [3.8, 4) is 0 Å². The number of carbonyl (C=O) groups is 2. The number of benzene rings is 1. The van der Waals surface area contributed by atoms with Crippen LogP contribution in [0.15, 0.2) is 42.7 Å². The molecule has 1 aromatic carbocycles. The zero-order valence-corrected chi connectivity index (χ0v) is 9.04. The van der Waals surface area contributed by atoms with E-state index in [0.29, 0.717) is 17.9 Å². The Balaban J connectivity index is 2.13. The lowest BCUT2D eigenvalue weighted by Gasteiger charge is -2.05. The Morgan fingerprint density at radius 3 is 2.82 bits per heavy atom. The van der Waals surface area contributed by atoms with E-state index in [1.807, 2.05) is 18.2 Å². The molecule has 0 unspecified atom stereocenters. The predicted octanol–water partition coefficient (Wildman–Crippen LogP) is 1.33. The van der Waals surface area contributed by atoms with Gasteiger partial charge in [-0.3, -0.25) is 14.9 Å². The summed E-state index contributed by atoms with van der Waals surface area (Å²) in [5.41, 5.74) is 0.637. The van der Waals surface area contributed by atoms with Crippen molar-refractivity contribution in [1.82, 2.24) is 9.55 Å². The second-order valence-electron chi connectivity index (χ2n) is 3.43. The third kappa shape index (κ3) is 2.57. The molecule has 1 N–H and O–H groups in total. The van der Waals surface area contributed by atoms with E-state index in [1.165, 1.54) is 6.20 Å². The summed E-state index contributed by atoms with van der Waals surface area (Å²) in [6.07, 6.45) is 3.71. The van der Waals surface area contributed by atoms with Crippen molar-refractivity contribution >= 4 is 18.1 Å². The molecule has 1 heterocycles. The minimum absolute atomic E-state index is 0.0300. The maximum absolute atomic E-state index is 11.9. The number of ketones is 1. The van der Waals surface area contributed by atoms with Crippen LogP contribution in [0.4, 0.5) is 5.95 Å². The zero-order chi connectivity index (χ0) is 12.1. The Morgan fingerprint density at radius 2 is 2.12 bits per heavy atom. The highest BCUT2D eigenvalue weighted by atomic mass is 16.1. The number of anilines is 1. The predicted molar refractivity (Wildman–Crippen MR) is 62.7 cm³/mol. The Kier molecular flexibility index (Phi) is 3.30. The van der Waals surface area contributed by atoms with Gasteiger partial charge in [-0.2, -0.15) is 0 Å². The van der Waals surface area contributed by atoms with Crippen LogP contribution in [-0.4, -0.2) is 21.7 Å². The first kappa shape index (κ1) is 11.1. The Bertz CT molecular complexity index is 520. The van der Waals surface area contributed by atoms with E-state index in [1.54, 1.807) is 22.9 Å². The lowest BCUT2D eigenvalue weighted by Crippen LogP contribution is -2.12. The summed E-state index contributed by atoms with van der Waals surface area (Å²) in [5.74, 6) is 0.335. The number of aromatic nitrogens is 2. The summed E-state index contributed by atoms with van der Waals surface area (Å²) in [6.45, 7) is 0.153.